The van der Waals surface area contributed by atoms with Crippen molar-refractivity contribution >= 4 is 29.5 Å². The van der Waals surface area contributed by atoms with Gasteiger partial charge >= 0.3 is 12.0 Å². The highest BCUT2D eigenvalue weighted by atomic mass is 35.5. The third kappa shape index (κ3) is 7.09. The second kappa shape index (κ2) is 10.2. The molecule has 1 saturated carbocycles. The van der Waals surface area contributed by atoms with E-state index in [9.17, 15) is 14.4 Å². The summed E-state index contributed by atoms with van der Waals surface area (Å²) in [4.78, 5) is 36.0. The van der Waals surface area contributed by atoms with Crippen molar-refractivity contribution in [3.8, 4) is 5.75 Å². The fourth-order valence-electron chi connectivity index (χ4n) is 2.77. The van der Waals surface area contributed by atoms with Crippen LogP contribution in [0.1, 0.15) is 46.0 Å². The first-order chi connectivity index (χ1) is 12.8. The lowest BCUT2D eigenvalue weighted by atomic mass is 9.96. The minimum absolute atomic E-state index is 0.0807. The van der Waals surface area contributed by atoms with Crippen molar-refractivity contribution in [2.45, 2.75) is 64.2 Å². The molecule has 3 amide bonds. The molecule has 1 aromatic carbocycles. The number of hydrogen-bond donors (Lipinski definition) is 2. The number of benzene rings is 1. The van der Waals surface area contributed by atoms with Gasteiger partial charge < -0.3 is 14.8 Å². The normalized spacial score (nSPS) is 16.7. The average Bonchev–Trinajstić information content (AvgIpc) is 2.64. The van der Waals surface area contributed by atoms with Gasteiger partial charge in [0.05, 0.1) is 0 Å². The van der Waals surface area contributed by atoms with E-state index < -0.39 is 30.1 Å². The number of urea groups is 1. The van der Waals surface area contributed by atoms with E-state index in [4.69, 9.17) is 21.1 Å². The minimum Gasteiger partial charge on any atom is -0.479 e. The van der Waals surface area contributed by atoms with Gasteiger partial charge in [-0.05, 0) is 51.0 Å². The summed E-state index contributed by atoms with van der Waals surface area (Å²) in [6.07, 6.45) is 3.08. The number of carbonyl (C=O) groups is 3. The molecule has 0 heterocycles. The number of rotatable bonds is 6. The smallest absolute Gasteiger partial charge is 0.347 e. The van der Waals surface area contributed by atoms with Crippen LogP contribution >= 0.6 is 11.6 Å². The molecule has 0 radical (unpaired) electrons. The molecule has 2 rings (SSSR count). The standard InChI is InChI=1S/C19H25ClN2O5/c1-12(17(23)22-19(25)21-15-6-4-3-5-7-15)27-18(24)13(2)26-16-10-8-14(20)9-11-16/h8-13,15H,3-7H2,1-2H3,(H2,21,22,23,25)/t12-,13-/m1/s1. The maximum absolute atomic E-state index is 12.1. The van der Waals surface area contributed by atoms with Crippen LogP contribution in [-0.4, -0.2) is 36.2 Å². The summed E-state index contributed by atoms with van der Waals surface area (Å²) in [5.74, 6) is -0.941. The lowest BCUT2D eigenvalue weighted by molar-refractivity contribution is -0.160. The number of amides is 3. The molecule has 148 valence electrons. The Kier molecular flexibility index (Phi) is 7.91. The van der Waals surface area contributed by atoms with Crippen molar-refractivity contribution in [1.29, 1.82) is 0 Å². The number of hydrogen-bond acceptors (Lipinski definition) is 5. The Morgan fingerprint density at radius 1 is 1.04 bits per heavy atom. The highest BCUT2D eigenvalue weighted by molar-refractivity contribution is 6.30. The van der Waals surface area contributed by atoms with Crippen molar-refractivity contribution in [2.75, 3.05) is 0 Å². The average molecular weight is 397 g/mol. The van der Waals surface area contributed by atoms with E-state index in [2.05, 4.69) is 10.6 Å². The van der Waals surface area contributed by atoms with Gasteiger partial charge in [0.1, 0.15) is 5.75 Å². The van der Waals surface area contributed by atoms with E-state index in [0.717, 1.165) is 25.7 Å². The van der Waals surface area contributed by atoms with E-state index in [1.54, 1.807) is 24.3 Å². The van der Waals surface area contributed by atoms with Crippen LogP contribution in [0.3, 0.4) is 0 Å². The number of ether oxygens (including phenoxy) is 2. The van der Waals surface area contributed by atoms with Crippen molar-refractivity contribution < 1.29 is 23.9 Å². The largest absolute Gasteiger partial charge is 0.479 e. The maximum atomic E-state index is 12.1. The summed E-state index contributed by atoms with van der Waals surface area (Å²) in [6.45, 7) is 2.91. The Morgan fingerprint density at radius 3 is 2.30 bits per heavy atom. The molecule has 1 aliphatic rings. The Morgan fingerprint density at radius 2 is 1.67 bits per heavy atom. The van der Waals surface area contributed by atoms with Crippen LogP contribution < -0.4 is 15.4 Å². The maximum Gasteiger partial charge on any atom is 0.347 e. The van der Waals surface area contributed by atoms with Crippen molar-refractivity contribution in [3.05, 3.63) is 29.3 Å². The second-order valence-corrected chi connectivity index (χ2v) is 7.03. The van der Waals surface area contributed by atoms with Crippen molar-refractivity contribution in [2.24, 2.45) is 0 Å². The molecule has 1 aliphatic carbocycles. The van der Waals surface area contributed by atoms with E-state index in [1.807, 2.05) is 0 Å². The first kappa shape index (κ1) is 21.0. The number of carbonyl (C=O) groups excluding carboxylic acids is 3. The SMILES string of the molecule is C[C@@H](OC(=O)[C@@H](C)Oc1ccc(Cl)cc1)C(=O)NC(=O)NC1CCCCC1. The Balaban J connectivity index is 1.75. The van der Waals surface area contributed by atoms with Crippen LogP contribution in [0.15, 0.2) is 24.3 Å². The summed E-state index contributed by atoms with van der Waals surface area (Å²) in [7, 11) is 0. The Hall–Kier alpha value is -2.28. The fraction of sp³-hybridized carbons (Fsp3) is 0.526. The number of imide groups is 1. The highest BCUT2D eigenvalue weighted by Crippen LogP contribution is 2.18. The zero-order valence-electron chi connectivity index (χ0n) is 15.5. The predicted molar refractivity (Wildman–Crippen MR) is 101 cm³/mol. The topological polar surface area (TPSA) is 93.7 Å². The monoisotopic (exact) mass is 396 g/mol. The van der Waals surface area contributed by atoms with Gasteiger partial charge in [0.2, 0.25) is 0 Å². The van der Waals surface area contributed by atoms with Crippen molar-refractivity contribution in [3.63, 3.8) is 0 Å². The molecule has 0 saturated heterocycles. The Labute approximate surface area is 163 Å². The summed E-state index contributed by atoms with van der Waals surface area (Å²) in [6, 6.07) is 6.03. The third-order valence-electron chi connectivity index (χ3n) is 4.30. The van der Waals surface area contributed by atoms with Crippen LogP contribution in [0, 0.1) is 0 Å². The first-order valence-corrected chi connectivity index (χ1v) is 9.47. The van der Waals surface area contributed by atoms with Gasteiger partial charge in [0.25, 0.3) is 5.91 Å². The van der Waals surface area contributed by atoms with E-state index >= 15 is 0 Å². The fourth-order valence-corrected chi connectivity index (χ4v) is 2.90. The van der Waals surface area contributed by atoms with E-state index in [-0.39, 0.29) is 6.04 Å². The second-order valence-electron chi connectivity index (χ2n) is 6.59. The molecule has 0 aromatic heterocycles. The molecule has 1 aromatic rings. The van der Waals surface area contributed by atoms with Gasteiger partial charge in [0.15, 0.2) is 12.2 Å². The highest BCUT2D eigenvalue weighted by Gasteiger charge is 2.25. The number of nitrogens with one attached hydrogen (secondary N) is 2. The van der Waals surface area contributed by atoms with E-state index in [0.29, 0.717) is 10.8 Å². The van der Waals surface area contributed by atoms with Gasteiger partial charge in [-0.25, -0.2) is 9.59 Å². The van der Waals surface area contributed by atoms with Gasteiger partial charge in [-0.3, -0.25) is 10.1 Å². The number of esters is 1. The molecule has 2 atom stereocenters. The molecule has 2 N–H and O–H groups in total. The molecule has 0 aliphatic heterocycles. The summed E-state index contributed by atoms with van der Waals surface area (Å²) < 4.78 is 10.5. The zero-order valence-corrected chi connectivity index (χ0v) is 16.3. The molecule has 1 fully saturated rings. The minimum atomic E-state index is -1.12. The van der Waals surface area contributed by atoms with Crippen LogP contribution in [0.2, 0.25) is 5.02 Å². The lowest BCUT2D eigenvalue weighted by Gasteiger charge is -2.23. The molecule has 27 heavy (non-hydrogen) atoms. The summed E-state index contributed by atoms with van der Waals surface area (Å²) >= 11 is 5.79. The molecule has 8 heteroatoms. The van der Waals surface area contributed by atoms with Crippen LogP contribution in [-0.2, 0) is 14.3 Å². The number of halogens is 1. The molecular weight excluding hydrogens is 372 g/mol. The first-order valence-electron chi connectivity index (χ1n) is 9.09. The molecule has 7 nitrogen and oxygen atoms in total. The molecule has 0 bridgehead atoms. The third-order valence-corrected chi connectivity index (χ3v) is 4.55. The van der Waals surface area contributed by atoms with Gasteiger partial charge in [-0.2, -0.15) is 0 Å². The zero-order chi connectivity index (χ0) is 19.8. The summed E-state index contributed by atoms with van der Waals surface area (Å²) in [5.41, 5.74) is 0. The Bertz CT molecular complexity index is 659. The molecule has 0 spiro atoms. The molecular formula is C19H25ClN2O5. The summed E-state index contributed by atoms with van der Waals surface area (Å²) in [5, 5.41) is 5.53. The van der Waals surface area contributed by atoms with Crippen LogP contribution in [0.4, 0.5) is 4.79 Å². The predicted octanol–water partition coefficient (Wildman–Crippen LogP) is 3.20. The van der Waals surface area contributed by atoms with Gasteiger partial charge in [-0.15, -0.1) is 0 Å². The molecule has 0 unspecified atom stereocenters. The van der Waals surface area contributed by atoms with Crippen LogP contribution in [0.25, 0.3) is 0 Å². The van der Waals surface area contributed by atoms with Gasteiger partial charge in [0, 0.05) is 11.1 Å². The van der Waals surface area contributed by atoms with Crippen LogP contribution in [0.5, 0.6) is 5.75 Å². The quantitative estimate of drug-likeness (QED) is 0.720. The van der Waals surface area contributed by atoms with Crippen molar-refractivity contribution in [1.82, 2.24) is 10.6 Å². The van der Waals surface area contributed by atoms with E-state index in [1.165, 1.54) is 20.3 Å². The lowest BCUT2D eigenvalue weighted by Crippen LogP contribution is -2.48. The van der Waals surface area contributed by atoms with Gasteiger partial charge in [-0.1, -0.05) is 30.9 Å².